The molecule has 0 radical (unpaired) electrons. The summed E-state index contributed by atoms with van der Waals surface area (Å²) >= 11 is 6.37. The lowest BCUT2D eigenvalue weighted by Gasteiger charge is -2.48. The van der Waals surface area contributed by atoms with Gasteiger partial charge in [0.25, 0.3) is 0 Å². The molecule has 0 amide bonds. The van der Waals surface area contributed by atoms with Gasteiger partial charge in [-0.15, -0.1) is 0 Å². The molecule has 1 spiro atoms. The summed E-state index contributed by atoms with van der Waals surface area (Å²) in [5, 5.41) is 0.925. The molecule has 1 aliphatic carbocycles. The minimum atomic E-state index is 0.214. The maximum absolute atomic E-state index is 6.37. The average Bonchev–Trinajstić information content (AvgIpc) is 2.41. The molecule has 1 heterocycles. The van der Waals surface area contributed by atoms with Gasteiger partial charge in [0, 0.05) is 23.7 Å². The number of rotatable bonds is 1. The molecule has 0 bridgehead atoms. The number of ether oxygens (including phenoxy) is 1. The smallest absolute Gasteiger partial charge is 0.0474 e. The Morgan fingerprint density at radius 1 is 1.33 bits per heavy atom. The normalized spacial score (nSPS) is 26.0. The van der Waals surface area contributed by atoms with Crippen molar-refractivity contribution >= 4 is 11.6 Å². The Bertz CT molecular complexity index is 440. The highest BCUT2D eigenvalue weighted by atomic mass is 35.5. The lowest BCUT2D eigenvalue weighted by atomic mass is 9.59. The Kier molecular flexibility index (Phi) is 3.35. The van der Waals surface area contributed by atoms with Gasteiger partial charge in [-0.3, -0.25) is 0 Å². The summed E-state index contributed by atoms with van der Waals surface area (Å²) in [6.07, 6.45) is 4.40. The Labute approximate surface area is 113 Å². The number of nitrogens with two attached hydrogens (primary N) is 1. The molecule has 0 aromatic heterocycles. The Balaban J connectivity index is 2.11. The van der Waals surface area contributed by atoms with Crippen LogP contribution in [0.5, 0.6) is 0 Å². The lowest BCUT2D eigenvalue weighted by molar-refractivity contribution is 0.0215. The Morgan fingerprint density at radius 2 is 2.11 bits per heavy atom. The van der Waals surface area contributed by atoms with E-state index in [1.807, 2.05) is 6.07 Å². The highest BCUT2D eigenvalue weighted by Gasteiger charge is 2.44. The maximum Gasteiger partial charge on any atom is 0.0474 e. The topological polar surface area (TPSA) is 35.2 Å². The molecule has 1 aromatic carbocycles. The summed E-state index contributed by atoms with van der Waals surface area (Å²) in [7, 11) is 0. The molecule has 3 rings (SSSR count). The van der Waals surface area contributed by atoms with Gasteiger partial charge in [0.1, 0.15) is 0 Å². The van der Waals surface area contributed by atoms with Gasteiger partial charge in [-0.05, 0) is 55.3 Å². The van der Waals surface area contributed by atoms with Crippen molar-refractivity contribution in [2.75, 3.05) is 19.8 Å². The number of hydrogen-bond donors (Lipinski definition) is 1. The summed E-state index contributed by atoms with van der Waals surface area (Å²) in [5.41, 5.74) is 9.04. The van der Waals surface area contributed by atoms with Crippen LogP contribution >= 0.6 is 11.6 Å². The van der Waals surface area contributed by atoms with E-state index in [-0.39, 0.29) is 5.41 Å². The molecule has 2 nitrogen and oxygen atoms in total. The summed E-state index contributed by atoms with van der Waals surface area (Å²) in [4.78, 5) is 0. The standard InChI is InChI=1S/C15H20ClNO/c16-14-3-1-2-13-12(14)5-4-11(10-17)15(13)6-8-18-9-7-15/h1-3,11H,4-10,17H2. The second-order valence-corrected chi connectivity index (χ2v) is 5.91. The number of hydrogen-bond acceptors (Lipinski definition) is 2. The van der Waals surface area contributed by atoms with Gasteiger partial charge in [0.15, 0.2) is 0 Å². The second kappa shape index (κ2) is 4.84. The van der Waals surface area contributed by atoms with E-state index in [1.165, 1.54) is 11.1 Å². The van der Waals surface area contributed by atoms with Gasteiger partial charge < -0.3 is 10.5 Å². The van der Waals surface area contributed by atoms with Crippen molar-refractivity contribution in [2.24, 2.45) is 11.7 Å². The molecule has 2 aliphatic rings. The fraction of sp³-hybridized carbons (Fsp3) is 0.600. The van der Waals surface area contributed by atoms with E-state index in [1.54, 1.807) is 0 Å². The van der Waals surface area contributed by atoms with Gasteiger partial charge in [-0.2, -0.15) is 0 Å². The minimum Gasteiger partial charge on any atom is -0.381 e. The molecule has 0 saturated carbocycles. The van der Waals surface area contributed by atoms with Crippen molar-refractivity contribution in [2.45, 2.75) is 31.1 Å². The molecule has 3 heteroatoms. The van der Waals surface area contributed by atoms with E-state index in [0.717, 1.165) is 50.5 Å². The first kappa shape index (κ1) is 12.5. The zero-order valence-corrected chi connectivity index (χ0v) is 11.4. The molecule has 1 saturated heterocycles. The zero-order valence-electron chi connectivity index (χ0n) is 10.6. The van der Waals surface area contributed by atoms with Crippen LogP contribution in [0.4, 0.5) is 0 Å². The summed E-state index contributed by atoms with van der Waals surface area (Å²) in [6, 6.07) is 6.35. The number of fused-ring (bicyclic) bond motifs is 2. The fourth-order valence-electron chi connectivity index (χ4n) is 3.85. The third kappa shape index (κ3) is 1.78. The third-order valence-electron chi connectivity index (χ3n) is 4.85. The number of benzene rings is 1. The van der Waals surface area contributed by atoms with Crippen LogP contribution in [0.2, 0.25) is 5.02 Å². The van der Waals surface area contributed by atoms with E-state index in [4.69, 9.17) is 22.1 Å². The first-order chi connectivity index (χ1) is 8.78. The van der Waals surface area contributed by atoms with E-state index in [2.05, 4.69) is 12.1 Å². The maximum atomic E-state index is 6.37. The summed E-state index contributed by atoms with van der Waals surface area (Å²) in [5.74, 6) is 0.576. The highest BCUT2D eigenvalue weighted by molar-refractivity contribution is 6.31. The van der Waals surface area contributed by atoms with E-state index < -0.39 is 0 Å². The fourth-order valence-corrected chi connectivity index (χ4v) is 4.12. The van der Waals surface area contributed by atoms with Crippen LogP contribution in [0.1, 0.15) is 30.4 Å². The molecule has 2 N–H and O–H groups in total. The van der Waals surface area contributed by atoms with Crippen molar-refractivity contribution in [3.05, 3.63) is 34.3 Å². The van der Waals surface area contributed by atoms with E-state index >= 15 is 0 Å². The van der Waals surface area contributed by atoms with Crippen molar-refractivity contribution in [1.29, 1.82) is 0 Å². The van der Waals surface area contributed by atoms with Crippen LogP contribution in [0.3, 0.4) is 0 Å². The quantitative estimate of drug-likeness (QED) is 0.847. The van der Waals surface area contributed by atoms with Crippen LogP contribution in [0.25, 0.3) is 0 Å². The molecule has 18 heavy (non-hydrogen) atoms. The molecular formula is C15H20ClNO. The van der Waals surface area contributed by atoms with Crippen molar-refractivity contribution in [3.8, 4) is 0 Å². The van der Waals surface area contributed by atoms with Crippen molar-refractivity contribution in [3.63, 3.8) is 0 Å². The van der Waals surface area contributed by atoms with Crippen LogP contribution in [0, 0.1) is 5.92 Å². The van der Waals surface area contributed by atoms with E-state index in [0.29, 0.717) is 5.92 Å². The van der Waals surface area contributed by atoms with Crippen molar-refractivity contribution in [1.82, 2.24) is 0 Å². The second-order valence-electron chi connectivity index (χ2n) is 5.51. The first-order valence-electron chi connectivity index (χ1n) is 6.83. The SMILES string of the molecule is NCC1CCc2c(Cl)cccc2C12CCOCC2. The van der Waals surface area contributed by atoms with Gasteiger partial charge >= 0.3 is 0 Å². The monoisotopic (exact) mass is 265 g/mol. The molecule has 1 aromatic rings. The van der Waals surface area contributed by atoms with E-state index in [9.17, 15) is 0 Å². The molecule has 1 unspecified atom stereocenters. The average molecular weight is 266 g/mol. The third-order valence-corrected chi connectivity index (χ3v) is 5.20. The van der Waals surface area contributed by atoms with Gasteiger partial charge in [-0.25, -0.2) is 0 Å². The molecule has 1 aliphatic heterocycles. The van der Waals surface area contributed by atoms with Crippen molar-refractivity contribution < 1.29 is 4.74 Å². The highest BCUT2D eigenvalue weighted by Crippen LogP contribution is 2.49. The largest absolute Gasteiger partial charge is 0.381 e. The van der Waals surface area contributed by atoms with Gasteiger partial charge in [0.2, 0.25) is 0 Å². The molecule has 1 fully saturated rings. The summed E-state index contributed by atoms with van der Waals surface area (Å²) < 4.78 is 5.56. The Morgan fingerprint density at radius 3 is 2.83 bits per heavy atom. The molecule has 98 valence electrons. The number of halogens is 1. The summed E-state index contributed by atoms with van der Waals surface area (Å²) in [6.45, 7) is 2.47. The Hall–Kier alpha value is -0.570. The molecular weight excluding hydrogens is 246 g/mol. The van der Waals surface area contributed by atoms with Crippen LogP contribution in [-0.4, -0.2) is 19.8 Å². The minimum absolute atomic E-state index is 0.214. The van der Waals surface area contributed by atoms with Gasteiger partial charge in [-0.1, -0.05) is 23.7 Å². The lowest BCUT2D eigenvalue weighted by Crippen LogP contribution is -2.47. The van der Waals surface area contributed by atoms with Gasteiger partial charge in [0.05, 0.1) is 0 Å². The van der Waals surface area contributed by atoms with Crippen LogP contribution in [-0.2, 0) is 16.6 Å². The molecule has 1 atom stereocenters. The zero-order chi connectivity index (χ0) is 12.6. The first-order valence-corrected chi connectivity index (χ1v) is 7.21. The predicted molar refractivity (Wildman–Crippen MR) is 74.0 cm³/mol. The predicted octanol–water partition coefficient (Wildman–Crippen LogP) is 2.91. The van der Waals surface area contributed by atoms with Crippen LogP contribution in [0.15, 0.2) is 18.2 Å². The van der Waals surface area contributed by atoms with Crippen LogP contribution < -0.4 is 5.73 Å².